The SMILES string of the molecule is C[C@@H]1CC(=O)Nc2cccc(N3CCc4cc(-c5cnn(C)c5)ccc43)c2N1. The van der Waals surface area contributed by atoms with Crippen molar-refractivity contribution >= 4 is 28.7 Å². The van der Waals surface area contributed by atoms with Gasteiger partial charge in [-0.05, 0) is 48.7 Å². The number of hydrogen-bond donors (Lipinski definition) is 2. The van der Waals surface area contributed by atoms with Crippen molar-refractivity contribution < 1.29 is 4.79 Å². The molecule has 0 bridgehead atoms. The van der Waals surface area contributed by atoms with E-state index in [0.29, 0.717) is 6.42 Å². The highest BCUT2D eigenvalue weighted by atomic mass is 16.1. The van der Waals surface area contributed by atoms with Crippen LogP contribution in [0.5, 0.6) is 0 Å². The molecule has 2 aliphatic rings. The van der Waals surface area contributed by atoms with Crippen molar-refractivity contribution in [2.45, 2.75) is 25.8 Å². The van der Waals surface area contributed by atoms with E-state index in [1.54, 1.807) is 0 Å². The molecule has 1 amide bonds. The molecule has 142 valence electrons. The van der Waals surface area contributed by atoms with Crippen LogP contribution in [0.25, 0.3) is 11.1 Å². The highest BCUT2D eigenvalue weighted by Gasteiger charge is 2.26. The Morgan fingerprint density at radius 1 is 1.14 bits per heavy atom. The number of para-hydroxylation sites is 1. The highest BCUT2D eigenvalue weighted by molar-refractivity contribution is 6.00. The molecule has 0 saturated heterocycles. The minimum absolute atomic E-state index is 0.0545. The minimum Gasteiger partial charge on any atom is -0.379 e. The molecular weight excluding hydrogens is 350 g/mol. The molecule has 1 aromatic heterocycles. The number of anilines is 4. The van der Waals surface area contributed by atoms with Crippen LogP contribution in [-0.4, -0.2) is 28.3 Å². The van der Waals surface area contributed by atoms with Crippen LogP contribution in [0.2, 0.25) is 0 Å². The van der Waals surface area contributed by atoms with Crippen LogP contribution in [0.1, 0.15) is 18.9 Å². The number of aryl methyl sites for hydroxylation is 1. The van der Waals surface area contributed by atoms with E-state index in [-0.39, 0.29) is 11.9 Å². The first-order chi connectivity index (χ1) is 13.6. The lowest BCUT2D eigenvalue weighted by molar-refractivity contribution is -0.116. The maximum atomic E-state index is 12.1. The second-order valence-electron chi connectivity index (χ2n) is 7.65. The number of amides is 1. The summed E-state index contributed by atoms with van der Waals surface area (Å²) in [5.41, 5.74) is 7.86. The van der Waals surface area contributed by atoms with Crippen LogP contribution in [0.15, 0.2) is 48.8 Å². The first-order valence-corrected chi connectivity index (χ1v) is 9.67. The summed E-state index contributed by atoms with van der Waals surface area (Å²) in [5.74, 6) is 0.0545. The summed E-state index contributed by atoms with van der Waals surface area (Å²) in [7, 11) is 1.94. The quantitative estimate of drug-likeness (QED) is 0.715. The van der Waals surface area contributed by atoms with Crippen molar-refractivity contribution in [1.82, 2.24) is 9.78 Å². The second-order valence-corrected chi connectivity index (χ2v) is 7.65. The lowest BCUT2D eigenvalue weighted by atomic mass is 10.0. The summed E-state index contributed by atoms with van der Waals surface area (Å²) < 4.78 is 1.83. The summed E-state index contributed by atoms with van der Waals surface area (Å²) in [4.78, 5) is 14.4. The molecule has 0 fully saturated rings. The molecule has 6 nitrogen and oxygen atoms in total. The third-order valence-electron chi connectivity index (χ3n) is 5.50. The van der Waals surface area contributed by atoms with Crippen molar-refractivity contribution in [1.29, 1.82) is 0 Å². The molecule has 2 aromatic carbocycles. The summed E-state index contributed by atoms with van der Waals surface area (Å²) in [5, 5.41) is 10.9. The maximum absolute atomic E-state index is 12.1. The zero-order valence-corrected chi connectivity index (χ0v) is 16.1. The number of carbonyl (C=O) groups excluding carboxylic acids is 1. The fraction of sp³-hybridized carbons (Fsp3) is 0.273. The van der Waals surface area contributed by atoms with E-state index in [1.807, 2.05) is 43.2 Å². The molecule has 0 aliphatic carbocycles. The van der Waals surface area contributed by atoms with Gasteiger partial charge in [-0.25, -0.2) is 0 Å². The molecule has 28 heavy (non-hydrogen) atoms. The molecule has 0 radical (unpaired) electrons. The fourth-order valence-corrected chi connectivity index (χ4v) is 4.20. The van der Waals surface area contributed by atoms with Gasteiger partial charge in [0.1, 0.15) is 0 Å². The van der Waals surface area contributed by atoms with Gasteiger partial charge in [0.05, 0.1) is 23.3 Å². The maximum Gasteiger partial charge on any atom is 0.226 e. The van der Waals surface area contributed by atoms with Crippen molar-refractivity contribution in [2.75, 3.05) is 22.1 Å². The van der Waals surface area contributed by atoms with Crippen LogP contribution in [0.3, 0.4) is 0 Å². The molecule has 2 aliphatic heterocycles. The molecule has 1 atom stereocenters. The number of carbonyl (C=O) groups is 1. The zero-order chi connectivity index (χ0) is 19.3. The Hall–Kier alpha value is -3.28. The number of rotatable bonds is 2. The Balaban J connectivity index is 1.54. The number of fused-ring (bicyclic) bond motifs is 2. The van der Waals surface area contributed by atoms with Crippen LogP contribution < -0.4 is 15.5 Å². The van der Waals surface area contributed by atoms with Gasteiger partial charge >= 0.3 is 0 Å². The largest absolute Gasteiger partial charge is 0.379 e. The van der Waals surface area contributed by atoms with Crippen molar-refractivity contribution in [2.24, 2.45) is 7.05 Å². The predicted molar refractivity (Wildman–Crippen MR) is 112 cm³/mol. The first kappa shape index (κ1) is 16.9. The van der Waals surface area contributed by atoms with Gasteiger partial charge in [0.2, 0.25) is 5.91 Å². The topological polar surface area (TPSA) is 62.2 Å². The van der Waals surface area contributed by atoms with Gasteiger partial charge in [0, 0.05) is 43.5 Å². The standard InChI is InChI=1S/C22H23N5O/c1-14-10-21(28)25-18-4-3-5-20(22(18)24-14)27-9-8-16-11-15(6-7-19(16)27)17-12-23-26(2)13-17/h3-7,11-14,24H,8-10H2,1-2H3,(H,25,28)/t14-/m1/s1. The molecule has 6 heteroatoms. The molecule has 0 spiro atoms. The molecule has 2 N–H and O–H groups in total. The third-order valence-corrected chi connectivity index (χ3v) is 5.50. The van der Waals surface area contributed by atoms with Crippen LogP contribution in [0, 0.1) is 0 Å². The highest BCUT2D eigenvalue weighted by Crippen LogP contribution is 2.43. The summed E-state index contributed by atoms with van der Waals surface area (Å²) >= 11 is 0. The number of aromatic nitrogens is 2. The van der Waals surface area contributed by atoms with E-state index in [9.17, 15) is 4.79 Å². The second kappa shape index (κ2) is 6.41. The smallest absolute Gasteiger partial charge is 0.226 e. The molecule has 0 saturated carbocycles. The molecular formula is C22H23N5O. The molecule has 3 aromatic rings. The zero-order valence-electron chi connectivity index (χ0n) is 16.1. The van der Waals surface area contributed by atoms with Crippen LogP contribution in [0.4, 0.5) is 22.7 Å². The predicted octanol–water partition coefficient (Wildman–Crippen LogP) is 3.92. The van der Waals surface area contributed by atoms with E-state index >= 15 is 0 Å². The molecule has 5 rings (SSSR count). The Morgan fingerprint density at radius 3 is 2.86 bits per heavy atom. The van der Waals surface area contributed by atoms with E-state index in [1.165, 1.54) is 16.8 Å². The number of nitrogens with zero attached hydrogens (tertiary/aromatic N) is 3. The summed E-state index contributed by atoms with van der Waals surface area (Å²) in [6, 6.07) is 12.8. The Kier molecular flexibility index (Phi) is 3.86. The summed E-state index contributed by atoms with van der Waals surface area (Å²) in [6.07, 6.45) is 5.41. The average Bonchev–Trinajstić information content (AvgIpc) is 3.24. The van der Waals surface area contributed by atoms with Gasteiger partial charge in [-0.2, -0.15) is 5.10 Å². The van der Waals surface area contributed by atoms with Gasteiger partial charge in [0.25, 0.3) is 0 Å². The van der Waals surface area contributed by atoms with E-state index in [4.69, 9.17) is 0 Å². The fourth-order valence-electron chi connectivity index (χ4n) is 4.20. The van der Waals surface area contributed by atoms with Gasteiger partial charge in [-0.15, -0.1) is 0 Å². The van der Waals surface area contributed by atoms with Gasteiger partial charge < -0.3 is 15.5 Å². The number of hydrogen-bond acceptors (Lipinski definition) is 4. The monoisotopic (exact) mass is 373 g/mol. The Bertz CT molecular complexity index is 1070. The van der Waals surface area contributed by atoms with E-state index in [0.717, 1.165) is 35.6 Å². The Labute approximate surface area is 164 Å². The van der Waals surface area contributed by atoms with Gasteiger partial charge in [-0.1, -0.05) is 12.1 Å². The molecule has 0 unspecified atom stereocenters. The first-order valence-electron chi connectivity index (χ1n) is 9.67. The lowest BCUT2D eigenvalue weighted by Gasteiger charge is -2.25. The Morgan fingerprint density at radius 2 is 2.04 bits per heavy atom. The van der Waals surface area contributed by atoms with Gasteiger partial charge in [0.15, 0.2) is 0 Å². The van der Waals surface area contributed by atoms with Crippen molar-refractivity contribution in [3.63, 3.8) is 0 Å². The van der Waals surface area contributed by atoms with Crippen molar-refractivity contribution in [3.05, 3.63) is 54.4 Å². The third kappa shape index (κ3) is 2.81. The molecule has 3 heterocycles. The van der Waals surface area contributed by atoms with Crippen LogP contribution in [-0.2, 0) is 18.3 Å². The van der Waals surface area contributed by atoms with E-state index in [2.05, 4.69) is 44.9 Å². The lowest BCUT2D eigenvalue weighted by Crippen LogP contribution is -2.20. The normalized spacial score (nSPS) is 18.1. The van der Waals surface area contributed by atoms with Crippen molar-refractivity contribution in [3.8, 4) is 11.1 Å². The number of benzene rings is 2. The minimum atomic E-state index is 0.0545. The van der Waals surface area contributed by atoms with Gasteiger partial charge in [-0.3, -0.25) is 9.48 Å². The van der Waals surface area contributed by atoms with E-state index < -0.39 is 0 Å². The number of nitrogens with one attached hydrogen (secondary N) is 2. The average molecular weight is 373 g/mol. The summed E-state index contributed by atoms with van der Waals surface area (Å²) in [6.45, 7) is 2.97. The van der Waals surface area contributed by atoms with Crippen LogP contribution >= 0.6 is 0 Å².